The number of nitrogens with two attached hydrogens (primary N) is 1. The number of thiazole rings is 1. The molecule has 3 aromatic rings. The largest absolute Gasteiger partial charge is 0.423 e. The summed E-state index contributed by atoms with van der Waals surface area (Å²) in [7, 11) is 1.57. The highest BCUT2D eigenvalue weighted by atomic mass is 32.1. The summed E-state index contributed by atoms with van der Waals surface area (Å²) in [6.07, 6.45) is 0.859. The Kier molecular flexibility index (Phi) is 3.12. The van der Waals surface area contributed by atoms with Crippen LogP contribution in [-0.2, 0) is 17.8 Å². The lowest BCUT2D eigenvalue weighted by Gasteiger charge is -2.23. The van der Waals surface area contributed by atoms with Gasteiger partial charge in [0.1, 0.15) is 5.52 Å². The third kappa shape index (κ3) is 2.26. The summed E-state index contributed by atoms with van der Waals surface area (Å²) in [5, 5.41) is 0.625. The molecule has 0 fully saturated rings. The fourth-order valence-electron chi connectivity index (χ4n) is 2.61. The lowest BCUT2D eigenvalue weighted by atomic mass is 10.2. The molecule has 22 heavy (non-hydrogen) atoms. The van der Waals surface area contributed by atoms with Gasteiger partial charge in [0, 0.05) is 17.8 Å². The first-order valence-electron chi connectivity index (χ1n) is 6.91. The molecule has 4 rings (SSSR count). The highest BCUT2D eigenvalue weighted by molar-refractivity contribution is 7.15. The van der Waals surface area contributed by atoms with E-state index in [1.807, 2.05) is 18.2 Å². The summed E-state index contributed by atoms with van der Waals surface area (Å²) >= 11 is 1.53. The van der Waals surface area contributed by atoms with Crippen LogP contribution in [0.2, 0.25) is 0 Å². The van der Waals surface area contributed by atoms with Crippen molar-refractivity contribution in [3.05, 3.63) is 28.8 Å². The number of nitrogen functional groups attached to an aromatic ring is 1. The Morgan fingerprint density at radius 1 is 1.41 bits per heavy atom. The van der Waals surface area contributed by atoms with Crippen molar-refractivity contribution in [2.75, 3.05) is 29.8 Å². The van der Waals surface area contributed by atoms with Crippen LogP contribution in [0.25, 0.3) is 11.1 Å². The summed E-state index contributed by atoms with van der Waals surface area (Å²) in [5.74, 6) is 0. The van der Waals surface area contributed by atoms with Crippen LogP contribution in [0, 0.1) is 0 Å². The summed E-state index contributed by atoms with van der Waals surface area (Å²) in [5.41, 5.74) is 12.1. The topological polar surface area (TPSA) is 89.4 Å². The molecule has 7 nitrogen and oxygen atoms in total. The molecule has 0 aliphatic carbocycles. The number of hydrogen-bond donors (Lipinski definition) is 2. The number of nitrogens with zero attached hydrogens (tertiary/aromatic N) is 3. The number of rotatable bonds is 3. The van der Waals surface area contributed by atoms with E-state index in [9.17, 15) is 0 Å². The molecule has 0 atom stereocenters. The SMILES string of the molecule is CONc1ccc2oc(N3CCc4nc(N)sc4C3)nc2c1. The standard InChI is InChI=1S/C14H15N5O2S/c1-20-18-8-2-3-11-10(6-8)17-14(21-11)19-5-4-9-12(7-19)22-13(15)16-9/h2-3,6,18H,4-5,7H2,1H3,(H2,15,16). The van der Waals surface area contributed by atoms with Gasteiger partial charge >= 0.3 is 0 Å². The van der Waals surface area contributed by atoms with Gasteiger partial charge in [0.15, 0.2) is 10.7 Å². The van der Waals surface area contributed by atoms with Gasteiger partial charge in [-0.05, 0) is 18.2 Å². The zero-order valence-corrected chi connectivity index (χ0v) is 12.8. The average molecular weight is 317 g/mol. The normalized spacial score (nSPS) is 14.3. The Bertz CT molecular complexity index is 828. The monoisotopic (exact) mass is 317 g/mol. The van der Waals surface area contributed by atoms with Crippen LogP contribution in [0.1, 0.15) is 10.6 Å². The van der Waals surface area contributed by atoms with Crippen LogP contribution in [0.15, 0.2) is 22.6 Å². The van der Waals surface area contributed by atoms with Gasteiger partial charge in [-0.3, -0.25) is 10.3 Å². The van der Waals surface area contributed by atoms with E-state index >= 15 is 0 Å². The van der Waals surface area contributed by atoms with Gasteiger partial charge < -0.3 is 15.1 Å². The van der Waals surface area contributed by atoms with Crippen LogP contribution in [0.4, 0.5) is 16.8 Å². The molecule has 0 bridgehead atoms. The molecule has 0 amide bonds. The fourth-order valence-corrected chi connectivity index (χ4v) is 3.50. The third-order valence-corrected chi connectivity index (χ3v) is 4.53. The minimum atomic E-state index is 0.625. The second kappa shape index (κ2) is 5.15. The maximum atomic E-state index is 5.86. The molecule has 0 radical (unpaired) electrons. The summed E-state index contributed by atoms with van der Waals surface area (Å²) < 4.78 is 5.86. The lowest BCUT2D eigenvalue weighted by Crippen LogP contribution is -2.29. The second-order valence-corrected chi connectivity index (χ2v) is 6.19. The van der Waals surface area contributed by atoms with Gasteiger partial charge in [-0.1, -0.05) is 0 Å². The van der Waals surface area contributed by atoms with Gasteiger partial charge in [0.2, 0.25) is 0 Å². The van der Waals surface area contributed by atoms with Crippen molar-refractivity contribution in [1.82, 2.24) is 9.97 Å². The van der Waals surface area contributed by atoms with Gasteiger partial charge in [-0.2, -0.15) is 4.98 Å². The third-order valence-electron chi connectivity index (χ3n) is 3.61. The Morgan fingerprint density at radius 2 is 2.32 bits per heavy atom. The molecule has 3 N–H and O–H groups in total. The van der Waals surface area contributed by atoms with E-state index in [4.69, 9.17) is 15.0 Å². The summed E-state index contributed by atoms with van der Waals surface area (Å²) in [4.78, 5) is 17.1. The zero-order valence-electron chi connectivity index (χ0n) is 12.0. The van der Waals surface area contributed by atoms with Gasteiger partial charge in [0.05, 0.1) is 25.0 Å². The number of nitrogens with one attached hydrogen (secondary N) is 1. The first kappa shape index (κ1) is 13.4. The Balaban J connectivity index is 1.64. The number of hydrogen-bond acceptors (Lipinski definition) is 8. The number of aromatic nitrogens is 2. The van der Waals surface area contributed by atoms with E-state index in [1.165, 1.54) is 16.2 Å². The molecular formula is C14H15N5O2S. The molecule has 3 heterocycles. The first-order valence-corrected chi connectivity index (χ1v) is 7.73. The number of anilines is 3. The lowest BCUT2D eigenvalue weighted by molar-refractivity contribution is 0.271. The first-order chi connectivity index (χ1) is 10.7. The molecule has 1 aromatic carbocycles. The minimum Gasteiger partial charge on any atom is -0.423 e. The summed E-state index contributed by atoms with van der Waals surface area (Å²) in [6.45, 7) is 1.56. The molecule has 1 aliphatic heterocycles. The van der Waals surface area contributed by atoms with Crippen molar-refractivity contribution in [3.63, 3.8) is 0 Å². The van der Waals surface area contributed by atoms with Crippen molar-refractivity contribution < 1.29 is 9.25 Å². The maximum absolute atomic E-state index is 5.86. The smallest absolute Gasteiger partial charge is 0.298 e. The minimum absolute atomic E-state index is 0.625. The van der Waals surface area contributed by atoms with Crippen LogP contribution in [-0.4, -0.2) is 23.6 Å². The second-order valence-electron chi connectivity index (χ2n) is 5.08. The molecule has 2 aromatic heterocycles. The molecule has 8 heteroatoms. The van der Waals surface area contributed by atoms with Gasteiger partial charge in [-0.15, -0.1) is 11.3 Å². The van der Waals surface area contributed by atoms with Crippen molar-refractivity contribution in [1.29, 1.82) is 0 Å². The van der Waals surface area contributed by atoms with E-state index in [0.29, 0.717) is 11.1 Å². The van der Waals surface area contributed by atoms with Crippen LogP contribution >= 0.6 is 11.3 Å². The van der Waals surface area contributed by atoms with E-state index in [1.54, 1.807) is 7.11 Å². The predicted molar refractivity (Wildman–Crippen MR) is 85.9 cm³/mol. The van der Waals surface area contributed by atoms with E-state index in [-0.39, 0.29) is 0 Å². The highest BCUT2D eigenvalue weighted by Crippen LogP contribution is 2.31. The fraction of sp³-hybridized carbons (Fsp3) is 0.286. The van der Waals surface area contributed by atoms with Crippen molar-refractivity contribution in [2.45, 2.75) is 13.0 Å². The predicted octanol–water partition coefficient (Wildman–Crippen LogP) is 2.40. The number of benzene rings is 1. The van der Waals surface area contributed by atoms with Crippen LogP contribution < -0.4 is 16.1 Å². The molecular weight excluding hydrogens is 302 g/mol. The van der Waals surface area contributed by atoms with Crippen molar-refractivity contribution in [2.24, 2.45) is 0 Å². The Hall–Kier alpha value is -2.32. The quantitative estimate of drug-likeness (QED) is 0.717. The summed E-state index contributed by atoms with van der Waals surface area (Å²) in [6, 6.07) is 6.29. The molecule has 0 unspecified atom stereocenters. The van der Waals surface area contributed by atoms with E-state index in [0.717, 1.165) is 42.0 Å². The molecule has 114 valence electrons. The van der Waals surface area contributed by atoms with Gasteiger partial charge in [0.25, 0.3) is 6.01 Å². The number of oxazole rings is 1. The van der Waals surface area contributed by atoms with Crippen molar-refractivity contribution >= 4 is 39.3 Å². The Labute approximate surface area is 130 Å². The molecule has 0 saturated heterocycles. The molecule has 0 saturated carbocycles. The zero-order chi connectivity index (χ0) is 15.1. The van der Waals surface area contributed by atoms with Gasteiger partial charge in [-0.25, -0.2) is 4.98 Å². The highest BCUT2D eigenvalue weighted by Gasteiger charge is 2.23. The van der Waals surface area contributed by atoms with E-state index < -0.39 is 0 Å². The maximum Gasteiger partial charge on any atom is 0.298 e. The Morgan fingerprint density at radius 3 is 3.18 bits per heavy atom. The molecule has 1 aliphatic rings. The van der Waals surface area contributed by atoms with E-state index in [2.05, 4.69) is 20.3 Å². The number of fused-ring (bicyclic) bond motifs is 2. The van der Waals surface area contributed by atoms with Crippen molar-refractivity contribution in [3.8, 4) is 0 Å². The van der Waals surface area contributed by atoms with Crippen LogP contribution in [0.5, 0.6) is 0 Å². The van der Waals surface area contributed by atoms with Crippen LogP contribution in [0.3, 0.4) is 0 Å². The molecule has 0 spiro atoms. The average Bonchev–Trinajstić information content (AvgIpc) is 3.08.